The van der Waals surface area contributed by atoms with Gasteiger partial charge in [0.05, 0.1) is 18.0 Å². The van der Waals surface area contributed by atoms with Crippen LogP contribution in [0.25, 0.3) is 0 Å². The number of hydrogen-bond acceptors (Lipinski definition) is 9. The van der Waals surface area contributed by atoms with E-state index in [0.29, 0.717) is 40.4 Å². The first kappa shape index (κ1) is 26.9. The summed E-state index contributed by atoms with van der Waals surface area (Å²) in [6.45, 7) is 7.15. The molecule has 0 saturated carbocycles. The third kappa shape index (κ3) is 5.13. The molecule has 0 amide bonds. The number of piperazine rings is 1. The summed E-state index contributed by atoms with van der Waals surface area (Å²) in [4.78, 5) is 18.4. The lowest BCUT2D eigenvalue weighted by atomic mass is 10.1. The number of benzene rings is 1. The Morgan fingerprint density at radius 1 is 1.02 bits per heavy atom. The first-order valence-electron chi connectivity index (χ1n) is 13.9. The van der Waals surface area contributed by atoms with Crippen molar-refractivity contribution in [3.05, 3.63) is 65.6 Å². The molecule has 11 heteroatoms. The van der Waals surface area contributed by atoms with Crippen LogP contribution < -0.4 is 14.4 Å². The molecule has 1 aromatic carbocycles. The van der Waals surface area contributed by atoms with E-state index in [9.17, 15) is 8.42 Å². The number of pyridine rings is 1. The van der Waals surface area contributed by atoms with E-state index in [-0.39, 0.29) is 18.7 Å². The Bertz CT molecular complexity index is 1450. The van der Waals surface area contributed by atoms with Gasteiger partial charge in [-0.3, -0.25) is 9.88 Å². The predicted molar refractivity (Wildman–Crippen MR) is 151 cm³/mol. The molecule has 0 spiro atoms. The fraction of sp³-hybridized carbons (Fsp3) is 0.483. The van der Waals surface area contributed by atoms with Gasteiger partial charge in [0.15, 0.2) is 0 Å². The van der Waals surface area contributed by atoms with E-state index in [1.54, 1.807) is 29.7 Å². The number of methoxy groups -OCH3 is 1. The zero-order valence-corrected chi connectivity index (χ0v) is 24.0. The van der Waals surface area contributed by atoms with Gasteiger partial charge in [-0.2, -0.15) is 9.29 Å². The van der Waals surface area contributed by atoms with Crippen LogP contribution in [-0.4, -0.2) is 84.1 Å². The second kappa shape index (κ2) is 10.9. The van der Waals surface area contributed by atoms with Crippen molar-refractivity contribution in [1.82, 2.24) is 24.2 Å². The van der Waals surface area contributed by atoms with E-state index in [1.165, 1.54) is 5.56 Å². The molecule has 3 atom stereocenters. The minimum Gasteiger partial charge on any atom is -0.497 e. The third-order valence-electron chi connectivity index (χ3n) is 8.37. The molecule has 212 valence electrons. The van der Waals surface area contributed by atoms with Crippen LogP contribution >= 0.6 is 0 Å². The van der Waals surface area contributed by atoms with Crippen LogP contribution in [-0.2, 0) is 16.6 Å². The first-order chi connectivity index (χ1) is 19.3. The van der Waals surface area contributed by atoms with E-state index in [1.807, 2.05) is 32.3 Å². The summed E-state index contributed by atoms with van der Waals surface area (Å²) >= 11 is 0. The maximum Gasteiger partial charge on any atom is 0.318 e. The van der Waals surface area contributed by atoms with E-state index in [4.69, 9.17) is 14.5 Å². The second-order valence-corrected chi connectivity index (χ2v) is 12.8. The standard InChI is InChI=1S/C29H36N6O4S/c1-20-13-26(38-3)14-21(2)28(20)40(36,37)35-12-4-5-23(35)19-39-29-31-11-8-27(32-29)34-18-24-15-25(34)17-33(24)16-22-6-9-30-10-7-22/h6-11,13-14,23-25H,4-5,12,15-19H2,1-3H3/t23-,24?,25?/m0/s1. The molecule has 2 aromatic heterocycles. The van der Waals surface area contributed by atoms with Gasteiger partial charge in [0, 0.05) is 56.9 Å². The first-order valence-corrected chi connectivity index (χ1v) is 15.3. The molecule has 0 N–H and O–H groups in total. The number of ether oxygens (including phenoxy) is 2. The van der Waals surface area contributed by atoms with E-state index >= 15 is 0 Å². The minimum atomic E-state index is -3.69. The Hall–Kier alpha value is -3.28. The molecule has 3 aliphatic heterocycles. The minimum absolute atomic E-state index is 0.211. The van der Waals surface area contributed by atoms with Crippen LogP contribution in [0.2, 0.25) is 0 Å². The highest BCUT2D eigenvalue weighted by Crippen LogP contribution is 2.35. The topological polar surface area (TPSA) is 101 Å². The quantitative estimate of drug-likeness (QED) is 0.388. The van der Waals surface area contributed by atoms with Gasteiger partial charge in [-0.1, -0.05) is 0 Å². The number of hydrogen-bond donors (Lipinski definition) is 0. The molecule has 5 heterocycles. The van der Waals surface area contributed by atoms with Crippen molar-refractivity contribution in [2.75, 3.05) is 38.3 Å². The molecular weight excluding hydrogens is 528 g/mol. The Morgan fingerprint density at radius 2 is 1.80 bits per heavy atom. The van der Waals surface area contributed by atoms with Crippen LogP contribution in [0.3, 0.4) is 0 Å². The van der Waals surface area contributed by atoms with Gasteiger partial charge >= 0.3 is 6.01 Å². The summed E-state index contributed by atoms with van der Waals surface area (Å²) in [6.07, 6.45) is 8.06. The van der Waals surface area contributed by atoms with Crippen LogP contribution in [0.15, 0.2) is 53.8 Å². The molecule has 3 saturated heterocycles. The molecule has 0 aliphatic carbocycles. The second-order valence-electron chi connectivity index (χ2n) is 11.0. The molecule has 6 rings (SSSR count). The van der Waals surface area contributed by atoms with Gasteiger partial charge in [-0.25, -0.2) is 13.4 Å². The molecule has 2 unspecified atom stereocenters. The maximum atomic E-state index is 13.7. The van der Waals surface area contributed by atoms with Crippen molar-refractivity contribution < 1.29 is 17.9 Å². The van der Waals surface area contributed by atoms with Crippen LogP contribution in [0, 0.1) is 13.8 Å². The normalized spacial score (nSPS) is 23.2. The van der Waals surface area contributed by atoms with E-state index in [0.717, 1.165) is 44.7 Å². The summed E-state index contributed by atoms with van der Waals surface area (Å²) in [7, 11) is -2.11. The number of fused-ring (bicyclic) bond motifs is 2. The Kier molecular flexibility index (Phi) is 7.37. The van der Waals surface area contributed by atoms with Gasteiger partial charge in [-0.15, -0.1) is 0 Å². The number of aryl methyl sites for hydroxylation is 2. The Morgan fingerprint density at radius 3 is 2.50 bits per heavy atom. The monoisotopic (exact) mass is 564 g/mol. The molecule has 3 fully saturated rings. The number of nitrogens with zero attached hydrogens (tertiary/aromatic N) is 6. The highest BCUT2D eigenvalue weighted by Gasteiger charge is 2.44. The lowest BCUT2D eigenvalue weighted by molar-refractivity contribution is 0.217. The highest BCUT2D eigenvalue weighted by molar-refractivity contribution is 7.89. The molecule has 0 radical (unpaired) electrons. The lowest BCUT2D eigenvalue weighted by Gasteiger charge is -2.35. The van der Waals surface area contributed by atoms with Crippen LogP contribution in [0.5, 0.6) is 11.8 Å². The summed E-state index contributed by atoms with van der Waals surface area (Å²) in [5, 5.41) is 0. The molecule has 3 aliphatic rings. The zero-order valence-electron chi connectivity index (χ0n) is 23.2. The van der Waals surface area contributed by atoms with Crippen LogP contribution in [0.1, 0.15) is 36.0 Å². The average molecular weight is 565 g/mol. The van der Waals surface area contributed by atoms with Crippen molar-refractivity contribution in [3.63, 3.8) is 0 Å². The number of anilines is 1. The molecular formula is C29H36N6O4S. The summed E-state index contributed by atoms with van der Waals surface area (Å²) < 4.78 is 40.4. The van der Waals surface area contributed by atoms with Gasteiger partial charge in [0.2, 0.25) is 10.0 Å². The average Bonchev–Trinajstić information content (AvgIpc) is 3.68. The van der Waals surface area contributed by atoms with Gasteiger partial charge in [0.25, 0.3) is 0 Å². The van der Waals surface area contributed by atoms with Gasteiger partial charge < -0.3 is 14.4 Å². The highest BCUT2D eigenvalue weighted by atomic mass is 32.2. The molecule has 2 bridgehead atoms. The molecule has 10 nitrogen and oxygen atoms in total. The van der Waals surface area contributed by atoms with Crippen LogP contribution in [0.4, 0.5) is 5.82 Å². The Balaban J connectivity index is 1.10. The summed E-state index contributed by atoms with van der Waals surface area (Å²) in [5.41, 5.74) is 2.64. The summed E-state index contributed by atoms with van der Waals surface area (Å²) in [6, 6.07) is 10.5. The van der Waals surface area contributed by atoms with Crippen molar-refractivity contribution >= 4 is 15.8 Å². The fourth-order valence-electron chi connectivity index (χ4n) is 6.52. The van der Waals surface area contributed by atoms with Crippen molar-refractivity contribution in [1.29, 1.82) is 0 Å². The largest absolute Gasteiger partial charge is 0.497 e. The third-order valence-corrected chi connectivity index (χ3v) is 10.6. The number of aromatic nitrogens is 3. The van der Waals surface area contributed by atoms with E-state index < -0.39 is 10.0 Å². The Labute approximate surface area is 236 Å². The number of likely N-dealkylation sites (tertiary alicyclic amines) is 1. The van der Waals surface area contributed by atoms with Crippen molar-refractivity contribution in [3.8, 4) is 11.8 Å². The van der Waals surface area contributed by atoms with E-state index in [2.05, 4.69) is 31.9 Å². The SMILES string of the molecule is COc1cc(C)c(S(=O)(=O)N2CCC[C@H]2COc2nccc(N3CC4CC3CN4Cc3ccncc3)n2)c(C)c1. The fourth-order valence-corrected chi connectivity index (χ4v) is 8.62. The van der Waals surface area contributed by atoms with Gasteiger partial charge in [0.1, 0.15) is 18.2 Å². The van der Waals surface area contributed by atoms with Crippen molar-refractivity contribution in [2.45, 2.75) is 62.7 Å². The zero-order chi connectivity index (χ0) is 27.9. The summed E-state index contributed by atoms with van der Waals surface area (Å²) in [5.74, 6) is 1.52. The number of sulfonamides is 1. The molecule has 40 heavy (non-hydrogen) atoms. The smallest absolute Gasteiger partial charge is 0.318 e. The molecule has 3 aromatic rings. The van der Waals surface area contributed by atoms with Gasteiger partial charge in [-0.05, 0) is 80.1 Å². The maximum absolute atomic E-state index is 13.7. The number of rotatable bonds is 9. The van der Waals surface area contributed by atoms with Crippen molar-refractivity contribution in [2.24, 2.45) is 0 Å². The predicted octanol–water partition coefficient (Wildman–Crippen LogP) is 3.19. The lowest BCUT2D eigenvalue weighted by Crippen LogP contribution is -2.46.